The number of nitrogens with zero attached hydrogens (tertiary/aromatic N) is 1. The second kappa shape index (κ2) is 6.13. The van der Waals surface area contributed by atoms with E-state index in [1.807, 2.05) is 12.3 Å². The fourth-order valence-electron chi connectivity index (χ4n) is 2.48. The van der Waals surface area contributed by atoms with Crippen LogP contribution in [0.15, 0.2) is 54.2 Å². The van der Waals surface area contributed by atoms with Crippen molar-refractivity contribution in [2.45, 2.75) is 18.9 Å². The van der Waals surface area contributed by atoms with Crippen LogP contribution in [0.2, 0.25) is 0 Å². The number of fused-ring (bicyclic) bond motifs is 1. The largest absolute Gasteiger partial charge is 0.271 e. The average Bonchev–Trinajstić information content (AvgIpc) is 2.98. The van der Waals surface area contributed by atoms with Crippen molar-refractivity contribution in [2.75, 3.05) is 0 Å². The number of hydrazine groups is 1. The topological polar surface area (TPSA) is 50.9 Å². The van der Waals surface area contributed by atoms with Gasteiger partial charge in [-0.1, -0.05) is 24.3 Å². The van der Waals surface area contributed by atoms with E-state index >= 15 is 0 Å². The molecule has 0 fully saturated rings. The number of hydrogen-bond donors (Lipinski definition) is 2. The molecule has 0 saturated heterocycles. The van der Waals surface area contributed by atoms with Gasteiger partial charge < -0.3 is 0 Å². The standard InChI is InChI=1S/C16H17N3S/c17-19-15(7-6-12-3-2-9-18-11-12)14-5-1-4-13-8-10-20-16(13)14/h1-5,8-11,15,19H,6-7,17H2. The molecule has 2 aromatic heterocycles. The quantitative estimate of drug-likeness (QED) is 0.557. The number of rotatable bonds is 5. The Kier molecular flexibility index (Phi) is 4.06. The fraction of sp³-hybridized carbons (Fsp3) is 0.188. The van der Waals surface area contributed by atoms with Gasteiger partial charge in [0.25, 0.3) is 0 Å². The number of aryl methyl sites for hydroxylation is 1. The summed E-state index contributed by atoms with van der Waals surface area (Å²) >= 11 is 1.77. The van der Waals surface area contributed by atoms with Gasteiger partial charge in [-0.3, -0.25) is 16.3 Å². The molecule has 3 nitrogen and oxygen atoms in total. The van der Waals surface area contributed by atoms with Gasteiger partial charge in [-0.05, 0) is 46.9 Å². The predicted octanol–water partition coefficient (Wildman–Crippen LogP) is 3.43. The minimum atomic E-state index is 0.164. The highest BCUT2D eigenvalue weighted by atomic mass is 32.1. The van der Waals surface area contributed by atoms with Crippen molar-refractivity contribution >= 4 is 21.4 Å². The van der Waals surface area contributed by atoms with Gasteiger partial charge in [0.2, 0.25) is 0 Å². The molecule has 0 aliphatic rings. The van der Waals surface area contributed by atoms with Gasteiger partial charge in [0.15, 0.2) is 0 Å². The molecule has 2 heterocycles. The molecular formula is C16H17N3S. The lowest BCUT2D eigenvalue weighted by Gasteiger charge is -2.17. The van der Waals surface area contributed by atoms with E-state index in [9.17, 15) is 0 Å². The van der Waals surface area contributed by atoms with Crippen molar-refractivity contribution in [3.63, 3.8) is 0 Å². The summed E-state index contributed by atoms with van der Waals surface area (Å²) in [6, 6.07) is 12.8. The van der Waals surface area contributed by atoms with E-state index in [0.29, 0.717) is 0 Å². The Balaban J connectivity index is 1.81. The minimum absolute atomic E-state index is 0.164. The van der Waals surface area contributed by atoms with Crippen molar-refractivity contribution in [1.29, 1.82) is 0 Å². The van der Waals surface area contributed by atoms with E-state index in [4.69, 9.17) is 5.84 Å². The zero-order chi connectivity index (χ0) is 13.8. The van der Waals surface area contributed by atoms with E-state index in [1.165, 1.54) is 21.2 Å². The van der Waals surface area contributed by atoms with Crippen LogP contribution in [0.5, 0.6) is 0 Å². The Morgan fingerprint density at radius 2 is 2.15 bits per heavy atom. The number of hydrogen-bond acceptors (Lipinski definition) is 4. The average molecular weight is 283 g/mol. The van der Waals surface area contributed by atoms with Gasteiger partial charge in [-0.2, -0.15) is 0 Å². The highest BCUT2D eigenvalue weighted by Crippen LogP contribution is 2.30. The Morgan fingerprint density at radius 3 is 2.95 bits per heavy atom. The Labute approximate surface area is 122 Å². The van der Waals surface area contributed by atoms with Gasteiger partial charge in [0.1, 0.15) is 0 Å². The number of nitrogens with one attached hydrogen (secondary N) is 1. The van der Waals surface area contributed by atoms with Crippen LogP contribution >= 0.6 is 11.3 Å². The summed E-state index contributed by atoms with van der Waals surface area (Å²) in [5.74, 6) is 5.77. The van der Waals surface area contributed by atoms with Crippen LogP contribution < -0.4 is 11.3 Å². The summed E-state index contributed by atoms with van der Waals surface area (Å²) in [5.41, 5.74) is 5.48. The van der Waals surface area contributed by atoms with Crippen LogP contribution in [0.1, 0.15) is 23.6 Å². The highest BCUT2D eigenvalue weighted by Gasteiger charge is 2.13. The lowest BCUT2D eigenvalue weighted by atomic mass is 9.99. The number of pyridine rings is 1. The Bertz CT molecular complexity index is 678. The van der Waals surface area contributed by atoms with Crippen molar-refractivity contribution in [3.05, 3.63) is 65.3 Å². The minimum Gasteiger partial charge on any atom is -0.271 e. The first-order chi connectivity index (χ1) is 9.88. The van der Waals surface area contributed by atoms with Crippen LogP contribution in [0.25, 0.3) is 10.1 Å². The van der Waals surface area contributed by atoms with Gasteiger partial charge in [-0.15, -0.1) is 11.3 Å². The first-order valence-electron chi connectivity index (χ1n) is 6.69. The zero-order valence-electron chi connectivity index (χ0n) is 11.1. The van der Waals surface area contributed by atoms with Crippen molar-refractivity contribution in [2.24, 2.45) is 5.84 Å². The first-order valence-corrected chi connectivity index (χ1v) is 7.57. The molecule has 0 radical (unpaired) electrons. The normalized spacial score (nSPS) is 12.7. The van der Waals surface area contributed by atoms with E-state index in [-0.39, 0.29) is 6.04 Å². The summed E-state index contributed by atoms with van der Waals surface area (Å²) in [4.78, 5) is 4.15. The number of thiophene rings is 1. The molecule has 4 heteroatoms. The monoisotopic (exact) mass is 283 g/mol. The van der Waals surface area contributed by atoms with Crippen LogP contribution in [0.3, 0.4) is 0 Å². The molecule has 20 heavy (non-hydrogen) atoms. The summed E-state index contributed by atoms with van der Waals surface area (Å²) in [7, 11) is 0. The van der Waals surface area contributed by atoms with Crippen molar-refractivity contribution in [3.8, 4) is 0 Å². The van der Waals surface area contributed by atoms with Crippen LogP contribution in [0.4, 0.5) is 0 Å². The molecule has 3 aromatic rings. The molecule has 0 bridgehead atoms. The summed E-state index contributed by atoms with van der Waals surface area (Å²) in [5, 5.41) is 3.41. The lowest BCUT2D eigenvalue weighted by molar-refractivity contribution is 0.520. The predicted molar refractivity (Wildman–Crippen MR) is 84.4 cm³/mol. The molecule has 0 spiro atoms. The van der Waals surface area contributed by atoms with E-state index < -0.39 is 0 Å². The second-order valence-electron chi connectivity index (χ2n) is 4.81. The van der Waals surface area contributed by atoms with Gasteiger partial charge in [-0.25, -0.2) is 0 Å². The van der Waals surface area contributed by atoms with Gasteiger partial charge in [0, 0.05) is 23.1 Å². The SMILES string of the molecule is NNC(CCc1cccnc1)c1cccc2ccsc12. The number of aromatic nitrogens is 1. The summed E-state index contributed by atoms with van der Waals surface area (Å²) in [6.07, 6.45) is 5.64. The molecule has 1 atom stereocenters. The molecule has 102 valence electrons. The molecule has 0 saturated carbocycles. The third-order valence-electron chi connectivity index (χ3n) is 3.53. The molecule has 3 N–H and O–H groups in total. The third kappa shape index (κ3) is 2.72. The molecule has 1 aromatic carbocycles. The number of benzene rings is 1. The first kappa shape index (κ1) is 13.2. The molecule has 1 unspecified atom stereocenters. The maximum Gasteiger partial charge on any atom is 0.0477 e. The summed E-state index contributed by atoms with van der Waals surface area (Å²) < 4.78 is 1.32. The molecule has 0 amide bonds. The molecular weight excluding hydrogens is 266 g/mol. The second-order valence-corrected chi connectivity index (χ2v) is 5.72. The van der Waals surface area contributed by atoms with Crippen molar-refractivity contribution in [1.82, 2.24) is 10.4 Å². The molecule has 0 aliphatic carbocycles. The van der Waals surface area contributed by atoms with Crippen molar-refractivity contribution < 1.29 is 0 Å². The molecule has 3 rings (SSSR count). The van der Waals surface area contributed by atoms with Gasteiger partial charge in [0.05, 0.1) is 0 Å². The van der Waals surface area contributed by atoms with E-state index in [1.54, 1.807) is 17.5 Å². The maximum atomic E-state index is 5.77. The van der Waals surface area contributed by atoms with E-state index in [0.717, 1.165) is 12.8 Å². The fourth-order valence-corrected chi connectivity index (χ4v) is 3.45. The third-order valence-corrected chi connectivity index (χ3v) is 4.51. The smallest absolute Gasteiger partial charge is 0.0477 e. The maximum absolute atomic E-state index is 5.77. The number of nitrogens with two attached hydrogens (primary N) is 1. The van der Waals surface area contributed by atoms with E-state index in [2.05, 4.69) is 46.1 Å². The summed E-state index contributed by atoms with van der Waals surface area (Å²) in [6.45, 7) is 0. The van der Waals surface area contributed by atoms with Crippen LogP contribution in [0, 0.1) is 0 Å². The zero-order valence-corrected chi connectivity index (χ0v) is 11.9. The lowest BCUT2D eigenvalue weighted by Crippen LogP contribution is -2.28. The molecule has 0 aliphatic heterocycles. The highest BCUT2D eigenvalue weighted by molar-refractivity contribution is 7.17. The van der Waals surface area contributed by atoms with Crippen LogP contribution in [-0.4, -0.2) is 4.98 Å². The van der Waals surface area contributed by atoms with Gasteiger partial charge >= 0.3 is 0 Å². The Hall–Kier alpha value is -1.75. The Morgan fingerprint density at radius 1 is 1.20 bits per heavy atom. The van der Waals surface area contributed by atoms with Crippen LogP contribution in [-0.2, 0) is 6.42 Å².